The third-order valence-electron chi connectivity index (χ3n) is 6.08. The Kier molecular flexibility index (Phi) is 6.70. The van der Waals surface area contributed by atoms with Crippen molar-refractivity contribution >= 4 is 23.3 Å². The molecule has 0 radical (unpaired) electrons. The Bertz CT molecular complexity index is 746. The van der Waals surface area contributed by atoms with Crippen molar-refractivity contribution in [1.29, 1.82) is 0 Å². The normalized spacial score (nSPS) is 26.5. The van der Waals surface area contributed by atoms with E-state index >= 15 is 0 Å². The quantitative estimate of drug-likeness (QED) is 0.791. The van der Waals surface area contributed by atoms with Gasteiger partial charge in [-0.25, -0.2) is 0 Å². The number of likely N-dealkylation sites (tertiary alicyclic amines) is 1. The maximum atomic E-state index is 6.11. The third-order valence-corrected chi connectivity index (χ3v) is 6.33. The van der Waals surface area contributed by atoms with Gasteiger partial charge in [-0.15, -0.1) is 10.2 Å². The first-order valence-electron chi connectivity index (χ1n) is 10.4. The summed E-state index contributed by atoms with van der Waals surface area (Å²) in [5, 5.41) is 9.00. The van der Waals surface area contributed by atoms with Crippen LogP contribution in [0.1, 0.15) is 24.8 Å². The molecular formula is C21H30ClN5O2. The predicted octanol–water partition coefficient (Wildman–Crippen LogP) is 2.14. The molecule has 0 amide bonds. The second kappa shape index (κ2) is 9.43. The fraction of sp³-hybridized carbons (Fsp3) is 0.619. The molecule has 0 saturated carbocycles. The number of nitrogens with zero attached hydrogens (tertiary/aromatic N) is 4. The van der Waals surface area contributed by atoms with Crippen molar-refractivity contribution in [3.63, 3.8) is 0 Å². The number of amidine groups is 2. The van der Waals surface area contributed by atoms with Gasteiger partial charge < -0.3 is 20.1 Å². The molecule has 8 heteroatoms. The van der Waals surface area contributed by atoms with E-state index in [1.807, 2.05) is 12.1 Å². The van der Waals surface area contributed by atoms with E-state index in [0.29, 0.717) is 30.9 Å². The molecular weight excluding hydrogens is 390 g/mol. The van der Waals surface area contributed by atoms with Gasteiger partial charge in [0.25, 0.3) is 0 Å². The van der Waals surface area contributed by atoms with Crippen LogP contribution >= 0.6 is 11.6 Å². The molecule has 1 aromatic rings. The highest BCUT2D eigenvalue weighted by Gasteiger charge is 2.36. The van der Waals surface area contributed by atoms with Gasteiger partial charge in [0.15, 0.2) is 0 Å². The maximum Gasteiger partial charge on any atom is 0.135 e. The zero-order valence-electron chi connectivity index (χ0n) is 17.0. The molecule has 3 aliphatic rings. The number of methoxy groups -OCH3 is 1. The number of halogens is 1. The van der Waals surface area contributed by atoms with Crippen LogP contribution in [0.5, 0.6) is 0 Å². The van der Waals surface area contributed by atoms with Crippen LogP contribution in [-0.4, -0.2) is 79.6 Å². The minimum absolute atomic E-state index is 0.131. The second-order valence-electron chi connectivity index (χ2n) is 8.09. The summed E-state index contributed by atoms with van der Waals surface area (Å²) >= 11 is 6.06. The highest BCUT2D eigenvalue weighted by atomic mass is 35.5. The molecule has 0 unspecified atom stereocenters. The number of morpholine rings is 1. The van der Waals surface area contributed by atoms with Gasteiger partial charge >= 0.3 is 0 Å². The van der Waals surface area contributed by atoms with Crippen molar-refractivity contribution in [2.45, 2.75) is 43.9 Å². The molecule has 3 aliphatic heterocycles. The predicted molar refractivity (Wildman–Crippen MR) is 116 cm³/mol. The fourth-order valence-electron chi connectivity index (χ4n) is 4.57. The van der Waals surface area contributed by atoms with Gasteiger partial charge in [-0.05, 0) is 37.0 Å². The SMILES string of the molecule is COC[C@H]1CN(C2CCN(C3=NN=C(N)C3)CC2)[C@@H](Cc2ccc(Cl)cc2)CO1. The van der Waals surface area contributed by atoms with Crippen LogP contribution in [0.4, 0.5) is 0 Å². The van der Waals surface area contributed by atoms with Gasteiger partial charge in [0.1, 0.15) is 11.7 Å². The first-order chi connectivity index (χ1) is 14.1. The van der Waals surface area contributed by atoms with Gasteiger partial charge in [0, 0.05) is 43.9 Å². The van der Waals surface area contributed by atoms with E-state index in [0.717, 1.165) is 56.4 Å². The standard InChI is InChI=1S/C21H30ClN5O2/c1-28-14-19-12-27(18(13-29-19)10-15-2-4-16(22)5-3-15)17-6-8-26(9-7-17)21-11-20(23)24-25-21/h2-5,17-19H,6-14H2,1H3,(H2,23,24)/t18-,19+/m0/s1. The molecule has 0 aliphatic carbocycles. The lowest BCUT2D eigenvalue weighted by atomic mass is 9.96. The Morgan fingerprint density at radius 3 is 2.62 bits per heavy atom. The van der Waals surface area contributed by atoms with Crippen LogP contribution in [0.25, 0.3) is 0 Å². The summed E-state index contributed by atoms with van der Waals surface area (Å²) in [6.07, 6.45) is 3.99. The van der Waals surface area contributed by atoms with E-state index in [-0.39, 0.29) is 6.10 Å². The molecule has 0 aromatic heterocycles. The smallest absolute Gasteiger partial charge is 0.135 e. The highest BCUT2D eigenvalue weighted by molar-refractivity contribution is 6.30. The Morgan fingerprint density at radius 1 is 1.21 bits per heavy atom. The summed E-state index contributed by atoms with van der Waals surface area (Å²) in [7, 11) is 1.74. The first kappa shape index (κ1) is 20.6. The number of hydrogen-bond donors (Lipinski definition) is 1. The van der Waals surface area contributed by atoms with E-state index in [4.69, 9.17) is 26.8 Å². The van der Waals surface area contributed by atoms with E-state index in [1.54, 1.807) is 7.11 Å². The minimum atomic E-state index is 0.131. The molecule has 2 N–H and O–H groups in total. The number of ether oxygens (including phenoxy) is 2. The molecule has 2 atom stereocenters. The van der Waals surface area contributed by atoms with Crippen molar-refractivity contribution in [1.82, 2.24) is 9.80 Å². The summed E-state index contributed by atoms with van der Waals surface area (Å²) in [6.45, 7) is 4.26. The van der Waals surface area contributed by atoms with Crippen molar-refractivity contribution in [2.75, 3.05) is 40.0 Å². The molecule has 158 valence electrons. The number of hydrogen-bond acceptors (Lipinski definition) is 7. The number of nitrogens with two attached hydrogens (primary N) is 1. The molecule has 0 spiro atoms. The van der Waals surface area contributed by atoms with Gasteiger partial charge in [0.2, 0.25) is 0 Å². The first-order valence-corrected chi connectivity index (χ1v) is 10.7. The molecule has 3 heterocycles. The number of piperidine rings is 1. The number of rotatable bonds is 5. The zero-order chi connectivity index (χ0) is 20.2. The van der Waals surface area contributed by atoms with Crippen molar-refractivity contribution in [2.24, 2.45) is 15.9 Å². The van der Waals surface area contributed by atoms with E-state index < -0.39 is 0 Å². The van der Waals surface area contributed by atoms with Crippen LogP contribution in [0.15, 0.2) is 34.5 Å². The summed E-state index contributed by atoms with van der Waals surface area (Å²) in [5.74, 6) is 1.62. The van der Waals surface area contributed by atoms with Crippen LogP contribution in [0, 0.1) is 0 Å². The van der Waals surface area contributed by atoms with E-state index in [2.05, 4.69) is 32.1 Å². The lowest BCUT2D eigenvalue weighted by Crippen LogP contribution is -2.58. The highest BCUT2D eigenvalue weighted by Crippen LogP contribution is 2.26. The monoisotopic (exact) mass is 419 g/mol. The van der Waals surface area contributed by atoms with Gasteiger partial charge in [-0.2, -0.15) is 0 Å². The third kappa shape index (κ3) is 5.09. The average Bonchev–Trinajstić information content (AvgIpc) is 3.17. The maximum absolute atomic E-state index is 6.11. The lowest BCUT2D eigenvalue weighted by Gasteiger charge is -2.47. The van der Waals surface area contributed by atoms with E-state index in [9.17, 15) is 0 Å². The molecule has 2 fully saturated rings. The Labute approximate surface area is 177 Å². The molecule has 29 heavy (non-hydrogen) atoms. The molecule has 1 aromatic carbocycles. The lowest BCUT2D eigenvalue weighted by molar-refractivity contribution is -0.105. The molecule has 2 saturated heterocycles. The van der Waals surface area contributed by atoms with Crippen molar-refractivity contribution < 1.29 is 9.47 Å². The van der Waals surface area contributed by atoms with Crippen LogP contribution in [0.2, 0.25) is 5.02 Å². The minimum Gasteiger partial charge on any atom is -0.385 e. The summed E-state index contributed by atoms with van der Waals surface area (Å²) in [6, 6.07) is 9.07. The van der Waals surface area contributed by atoms with Gasteiger partial charge in [-0.1, -0.05) is 23.7 Å². The second-order valence-corrected chi connectivity index (χ2v) is 8.53. The summed E-state index contributed by atoms with van der Waals surface area (Å²) in [5.41, 5.74) is 7.08. The average molecular weight is 420 g/mol. The number of benzene rings is 1. The van der Waals surface area contributed by atoms with Gasteiger partial charge in [-0.3, -0.25) is 4.90 Å². The van der Waals surface area contributed by atoms with Crippen LogP contribution in [0.3, 0.4) is 0 Å². The Balaban J connectivity index is 1.40. The van der Waals surface area contributed by atoms with Crippen LogP contribution in [-0.2, 0) is 15.9 Å². The summed E-state index contributed by atoms with van der Waals surface area (Å²) in [4.78, 5) is 4.99. The topological polar surface area (TPSA) is 75.7 Å². The summed E-state index contributed by atoms with van der Waals surface area (Å²) < 4.78 is 11.5. The molecule has 4 rings (SSSR count). The van der Waals surface area contributed by atoms with Gasteiger partial charge in [0.05, 0.1) is 25.7 Å². The van der Waals surface area contributed by atoms with Crippen molar-refractivity contribution in [3.05, 3.63) is 34.9 Å². The largest absolute Gasteiger partial charge is 0.385 e. The Hall–Kier alpha value is -1.67. The zero-order valence-corrected chi connectivity index (χ0v) is 17.7. The van der Waals surface area contributed by atoms with E-state index in [1.165, 1.54) is 5.56 Å². The fourth-order valence-corrected chi connectivity index (χ4v) is 4.69. The molecule has 0 bridgehead atoms. The van der Waals surface area contributed by atoms with Crippen LogP contribution < -0.4 is 5.73 Å². The molecule has 7 nitrogen and oxygen atoms in total. The van der Waals surface area contributed by atoms with Crippen molar-refractivity contribution in [3.8, 4) is 0 Å². The Morgan fingerprint density at radius 2 is 1.97 bits per heavy atom.